The number of phenols is 1. The van der Waals surface area contributed by atoms with Crippen LogP contribution in [0.4, 0.5) is 10.5 Å². The molecule has 0 radical (unpaired) electrons. The van der Waals surface area contributed by atoms with Crippen molar-refractivity contribution in [1.29, 1.82) is 0 Å². The van der Waals surface area contributed by atoms with E-state index in [1.165, 1.54) is 24.1 Å². The second kappa shape index (κ2) is 11.5. The quantitative estimate of drug-likeness (QED) is 0.417. The van der Waals surface area contributed by atoms with Gasteiger partial charge in [0.05, 0.1) is 10.7 Å². The van der Waals surface area contributed by atoms with Crippen molar-refractivity contribution >= 4 is 47.8 Å². The van der Waals surface area contributed by atoms with Crippen molar-refractivity contribution in [3.63, 3.8) is 0 Å². The van der Waals surface area contributed by atoms with Gasteiger partial charge in [0, 0.05) is 12.8 Å². The molecule has 0 heterocycles. The fourth-order valence-electron chi connectivity index (χ4n) is 3.20. The summed E-state index contributed by atoms with van der Waals surface area (Å²) in [6, 6.07) is 9.00. The van der Waals surface area contributed by atoms with E-state index in [-0.39, 0.29) is 11.5 Å². The number of aryl methyl sites for hydroxylation is 1. The van der Waals surface area contributed by atoms with Crippen molar-refractivity contribution in [1.82, 2.24) is 10.2 Å². The van der Waals surface area contributed by atoms with Gasteiger partial charge in [0.25, 0.3) is 5.91 Å². The second-order valence-corrected chi connectivity index (χ2v) is 9.52. The summed E-state index contributed by atoms with van der Waals surface area (Å²) in [4.78, 5) is 40.1. The highest BCUT2D eigenvalue weighted by atomic mass is 35.5. The van der Waals surface area contributed by atoms with Gasteiger partial charge in [0.1, 0.15) is 23.4 Å². The number of alkyl carbamates (subject to hydrolysis) is 1. The van der Waals surface area contributed by atoms with Crippen molar-refractivity contribution < 1.29 is 24.2 Å². The summed E-state index contributed by atoms with van der Waals surface area (Å²) < 4.78 is 5.23. The minimum absolute atomic E-state index is 0.0127. The SMILES string of the molecule is Cc1cccc(Cl)c1NC(=O)C(c1ccc(O)cc1)N(C)C(=O)C(CS)NC(=O)OC(C)(C)C. The number of likely N-dealkylation sites (N-methyl/N-ethyl adjacent to an activating group) is 1. The maximum absolute atomic E-state index is 13.4. The summed E-state index contributed by atoms with van der Waals surface area (Å²) in [5.74, 6) is -1.08. The van der Waals surface area contributed by atoms with E-state index in [1.807, 2.05) is 0 Å². The molecular weight excluding hydrogens is 478 g/mol. The van der Waals surface area contributed by atoms with Gasteiger partial charge in [-0.25, -0.2) is 4.79 Å². The lowest BCUT2D eigenvalue weighted by molar-refractivity contribution is -0.138. The molecule has 34 heavy (non-hydrogen) atoms. The van der Waals surface area contributed by atoms with Crippen LogP contribution in [0.15, 0.2) is 42.5 Å². The topological polar surface area (TPSA) is 108 Å². The van der Waals surface area contributed by atoms with Crippen molar-refractivity contribution in [3.05, 3.63) is 58.6 Å². The van der Waals surface area contributed by atoms with E-state index >= 15 is 0 Å². The van der Waals surface area contributed by atoms with Crippen LogP contribution in [0.1, 0.15) is 37.9 Å². The number of ether oxygens (including phenoxy) is 1. The number of para-hydroxylation sites is 1. The van der Waals surface area contributed by atoms with E-state index in [4.69, 9.17) is 16.3 Å². The van der Waals surface area contributed by atoms with E-state index in [9.17, 15) is 19.5 Å². The number of thiol groups is 1. The van der Waals surface area contributed by atoms with Gasteiger partial charge in [-0.1, -0.05) is 35.9 Å². The zero-order valence-electron chi connectivity index (χ0n) is 19.8. The third-order valence-corrected chi connectivity index (χ3v) is 5.51. The molecule has 2 rings (SSSR count). The first-order chi connectivity index (χ1) is 15.8. The Morgan fingerprint density at radius 3 is 2.29 bits per heavy atom. The fourth-order valence-corrected chi connectivity index (χ4v) is 3.71. The molecule has 10 heteroatoms. The van der Waals surface area contributed by atoms with Gasteiger partial charge in [0.15, 0.2) is 0 Å². The molecule has 0 aromatic heterocycles. The Labute approximate surface area is 210 Å². The molecule has 3 amide bonds. The van der Waals surface area contributed by atoms with Crippen molar-refractivity contribution in [3.8, 4) is 5.75 Å². The normalized spacial score (nSPS) is 12.9. The summed E-state index contributed by atoms with van der Waals surface area (Å²) in [7, 11) is 1.45. The predicted molar refractivity (Wildman–Crippen MR) is 135 cm³/mol. The Morgan fingerprint density at radius 1 is 1.15 bits per heavy atom. The third kappa shape index (κ3) is 7.30. The van der Waals surface area contributed by atoms with E-state index in [0.29, 0.717) is 16.3 Å². The molecule has 0 aliphatic rings. The summed E-state index contributed by atoms with van der Waals surface area (Å²) in [6.07, 6.45) is -0.773. The average molecular weight is 508 g/mol. The zero-order valence-corrected chi connectivity index (χ0v) is 21.4. The Morgan fingerprint density at radius 2 is 1.76 bits per heavy atom. The number of halogens is 1. The number of aromatic hydroxyl groups is 1. The number of amides is 3. The highest BCUT2D eigenvalue weighted by Gasteiger charge is 2.34. The molecule has 8 nitrogen and oxygen atoms in total. The molecule has 3 N–H and O–H groups in total. The maximum atomic E-state index is 13.4. The Bertz CT molecular complexity index is 1020. The molecular formula is C24H30ClN3O5S. The molecule has 2 unspecified atom stereocenters. The zero-order chi connectivity index (χ0) is 25.6. The molecule has 0 saturated heterocycles. The third-order valence-electron chi connectivity index (χ3n) is 4.83. The van der Waals surface area contributed by atoms with Gasteiger partial charge in [0.2, 0.25) is 5.91 Å². The molecule has 2 atom stereocenters. The van der Waals surface area contributed by atoms with Gasteiger partial charge in [-0.3, -0.25) is 9.59 Å². The molecule has 0 spiro atoms. The Hall–Kier alpha value is -2.91. The highest BCUT2D eigenvalue weighted by Crippen LogP contribution is 2.29. The van der Waals surface area contributed by atoms with Crippen LogP contribution in [-0.2, 0) is 14.3 Å². The smallest absolute Gasteiger partial charge is 0.408 e. The largest absolute Gasteiger partial charge is 0.508 e. The standard InChI is InChI=1S/C24H30ClN3O5S/c1-14-7-6-8-17(25)19(14)27-21(30)20(15-9-11-16(29)12-10-15)28(5)22(31)18(13-34)26-23(32)33-24(2,3)4/h6-12,18,20,29,34H,13H2,1-5H3,(H,26,32)(H,27,30). The van der Waals surface area contributed by atoms with E-state index in [2.05, 4.69) is 23.3 Å². The lowest BCUT2D eigenvalue weighted by atomic mass is 10.0. The van der Waals surface area contributed by atoms with E-state index < -0.39 is 35.6 Å². The number of carbonyl (C=O) groups excluding carboxylic acids is 3. The maximum Gasteiger partial charge on any atom is 0.408 e. The van der Waals surface area contributed by atoms with E-state index in [0.717, 1.165) is 5.56 Å². The number of nitrogens with zero attached hydrogens (tertiary/aromatic N) is 1. The highest BCUT2D eigenvalue weighted by molar-refractivity contribution is 7.80. The fraction of sp³-hybridized carbons (Fsp3) is 0.375. The second-order valence-electron chi connectivity index (χ2n) is 8.75. The molecule has 184 valence electrons. The number of hydrogen-bond acceptors (Lipinski definition) is 6. The molecule has 0 saturated carbocycles. The van der Waals surface area contributed by atoms with Crippen LogP contribution in [-0.4, -0.2) is 52.4 Å². The Balaban J connectivity index is 2.35. The summed E-state index contributed by atoms with van der Waals surface area (Å²) in [5, 5.41) is 15.3. The number of hydrogen-bond donors (Lipinski definition) is 4. The van der Waals surface area contributed by atoms with Gasteiger partial charge >= 0.3 is 6.09 Å². The van der Waals surface area contributed by atoms with Crippen LogP contribution >= 0.6 is 24.2 Å². The summed E-state index contributed by atoms with van der Waals surface area (Å²) in [5.41, 5.74) is 0.878. The van der Waals surface area contributed by atoms with Gasteiger partial charge in [-0.15, -0.1) is 0 Å². The molecule has 0 aliphatic carbocycles. The summed E-state index contributed by atoms with van der Waals surface area (Å²) >= 11 is 10.5. The number of rotatable bonds is 7. The predicted octanol–water partition coefficient (Wildman–Crippen LogP) is 4.32. The minimum atomic E-state index is -1.09. The Kier molecular flexibility index (Phi) is 9.23. The average Bonchev–Trinajstić information content (AvgIpc) is 2.74. The molecule has 0 aliphatic heterocycles. The van der Waals surface area contributed by atoms with Crippen LogP contribution in [0, 0.1) is 6.92 Å². The van der Waals surface area contributed by atoms with Crippen LogP contribution in [0.5, 0.6) is 5.75 Å². The van der Waals surface area contributed by atoms with Gasteiger partial charge in [-0.2, -0.15) is 12.6 Å². The molecule has 2 aromatic rings. The van der Waals surface area contributed by atoms with Gasteiger partial charge in [-0.05, 0) is 57.0 Å². The molecule has 0 bridgehead atoms. The monoisotopic (exact) mass is 507 g/mol. The van der Waals surface area contributed by atoms with Crippen LogP contribution in [0.25, 0.3) is 0 Å². The number of anilines is 1. The van der Waals surface area contributed by atoms with Crippen LogP contribution < -0.4 is 10.6 Å². The molecule has 0 fully saturated rings. The first-order valence-electron chi connectivity index (χ1n) is 10.6. The lowest BCUT2D eigenvalue weighted by Gasteiger charge is -2.31. The van der Waals surface area contributed by atoms with Gasteiger partial charge < -0.3 is 25.4 Å². The molecule has 2 aromatic carbocycles. The lowest BCUT2D eigenvalue weighted by Crippen LogP contribution is -2.52. The number of carbonyl (C=O) groups is 3. The van der Waals surface area contributed by atoms with Crippen LogP contribution in [0.3, 0.4) is 0 Å². The van der Waals surface area contributed by atoms with E-state index in [1.54, 1.807) is 58.0 Å². The van der Waals surface area contributed by atoms with Crippen LogP contribution in [0.2, 0.25) is 5.02 Å². The number of phenolic OH excluding ortho intramolecular Hbond substituents is 1. The minimum Gasteiger partial charge on any atom is -0.508 e. The first kappa shape index (κ1) is 27.3. The first-order valence-corrected chi connectivity index (χ1v) is 11.6. The number of nitrogens with one attached hydrogen (secondary N) is 2. The van der Waals surface area contributed by atoms with Crippen molar-refractivity contribution in [2.75, 3.05) is 18.1 Å². The number of benzene rings is 2. The summed E-state index contributed by atoms with van der Waals surface area (Å²) in [6.45, 7) is 6.92. The van der Waals surface area contributed by atoms with Crippen molar-refractivity contribution in [2.45, 2.75) is 45.4 Å². The van der Waals surface area contributed by atoms with Crippen molar-refractivity contribution in [2.24, 2.45) is 0 Å².